The highest BCUT2D eigenvalue weighted by molar-refractivity contribution is 7.27. The first-order chi connectivity index (χ1) is 8.72. The second-order valence-electron chi connectivity index (χ2n) is 3.44. The molecule has 0 unspecified atom stereocenters. The summed E-state index contributed by atoms with van der Waals surface area (Å²) < 4.78 is 2.23. The smallest absolute Gasteiger partial charge is 0.266 e. The predicted molar refractivity (Wildman–Crippen MR) is 74.7 cm³/mol. The number of thiophene rings is 2. The number of hydrogen-bond donors (Lipinski definition) is 1. The van der Waals surface area contributed by atoms with E-state index in [1.165, 1.54) is 23.7 Å². The van der Waals surface area contributed by atoms with Gasteiger partial charge in [0.1, 0.15) is 17.3 Å². The van der Waals surface area contributed by atoms with Crippen LogP contribution in [-0.4, -0.2) is 15.9 Å². The molecule has 3 aromatic rings. The summed E-state index contributed by atoms with van der Waals surface area (Å²) in [6.45, 7) is 0. The van der Waals surface area contributed by atoms with E-state index >= 15 is 0 Å². The maximum absolute atomic E-state index is 12.0. The third-order valence-corrected chi connectivity index (χ3v) is 4.54. The molecule has 3 rings (SSSR count). The standard InChI is InChI=1S/C11H6ClN3OS2/c12-9-4-10(14-5-13-9)15-11(16)8-3-7-6(18-8)1-2-17-7/h1-5H,(H,13,14,15,16). The molecule has 3 heterocycles. The van der Waals surface area contributed by atoms with Crippen LogP contribution in [0.1, 0.15) is 9.67 Å². The van der Waals surface area contributed by atoms with E-state index in [1.807, 2.05) is 17.5 Å². The van der Waals surface area contributed by atoms with Crippen molar-refractivity contribution in [2.24, 2.45) is 0 Å². The number of carbonyl (C=O) groups excluding carboxylic acids is 1. The first kappa shape index (κ1) is 11.6. The summed E-state index contributed by atoms with van der Waals surface area (Å²) in [5.74, 6) is 0.218. The van der Waals surface area contributed by atoms with E-state index in [1.54, 1.807) is 11.3 Å². The molecular weight excluding hydrogens is 290 g/mol. The number of nitrogens with one attached hydrogen (secondary N) is 1. The summed E-state index contributed by atoms with van der Waals surface area (Å²) in [5, 5.41) is 5.00. The quantitative estimate of drug-likeness (QED) is 0.734. The molecule has 0 aromatic carbocycles. The van der Waals surface area contributed by atoms with E-state index in [-0.39, 0.29) is 5.91 Å². The monoisotopic (exact) mass is 295 g/mol. The fraction of sp³-hybridized carbons (Fsp3) is 0. The average Bonchev–Trinajstić information content (AvgIpc) is 2.88. The number of aromatic nitrogens is 2. The van der Waals surface area contributed by atoms with Crippen molar-refractivity contribution in [2.45, 2.75) is 0 Å². The zero-order chi connectivity index (χ0) is 12.5. The summed E-state index contributed by atoms with van der Waals surface area (Å²) in [6, 6.07) is 5.39. The van der Waals surface area contributed by atoms with Gasteiger partial charge >= 0.3 is 0 Å². The van der Waals surface area contributed by atoms with Gasteiger partial charge in [0.15, 0.2) is 0 Å². The lowest BCUT2D eigenvalue weighted by Gasteiger charge is -2.01. The summed E-state index contributed by atoms with van der Waals surface area (Å²) in [7, 11) is 0. The Labute approximate surface area is 115 Å². The summed E-state index contributed by atoms with van der Waals surface area (Å²) in [5.41, 5.74) is 0. The normalized spacial score (nSPS) is 10.7. The largest absolute Gasteiger partial charge is 0.306 e. The van der Waals surface area contributed by atoms with Crippen molar-refractivity contribution in [1.82, 2.24) is 9.97 Å². The summed E-state index contributed by atoms with van der Waals surface area (Å²) in [4.78, 5) is 20.3. The Bertz CT molecular complexity index is 693. The average molecular weight is 296 g/mol. The highest BCUT2D eigenvalue weighted by Gasteiger charge is 2.11. The third kappa shape index (κ3) is 2.22. The number of halogens is 1. The first-order valence-electron chi connectivity index (χ1n) is 4.98. The molecule has 0 saturated carbocycles. The Balaban J connectivity index is 1.85. The van der Waals surface area contributed by atoms with Crippen LogP contribution >= 0.6 is 34.3 Å². The van der Waals surface area contributed by atoms with Crippen LogP contribution in [0.3, 0.4) is 0 Å². The van der Waals surface area contributed by atoms with Gasteiger partial charge < -0.3 is 5.32 Å². The van der Waals surface area contributed by atoms with Crippen LogP contribution in [0.5, 0.6) is 0 Å². The first-order valence-corrected chi connectivity index (χ1v) is 7.06. The van der Waals surface area contributed by atoms with E-state index in [2.05, 4.69) is 15.3 Å². The number of anilines is 1. The maximum Gasteiger partial charge on any atom is 0.266 e. The van der Waals surface area contributed by atoms with Crippen molar-refractivity contribution in [2.75, 3.05) is 5.32 Å². The lowest BCUT2D eigenvalue weighted by molar-refractivity contribution is 0.103. The number of rotatable bonds is 2. The van der Waals surface area contributed by atoms with Crippen molar-refractivity contribution in [3.63, 3.8) is 0 Å². The number of nitrogens with zero attached hydrogens (tertiary/aromatic N) is 2. The zero-order valence-electron chi connectivity index (χ0n) is 8.88. The molecule has 0 aliphatic rings. The van der Waals surface area contributed by atoms with Crippen molar-refractivity contribution in [3.05, 3.63) is 39.9 Å². The fourth-order valence-electron chi connectivity index (χ4n) is 1.46. The van der Waals surface area contributed by atoms with Crippen molar-refractivity contribution < 1.29 is 4.79 Å². The molecule has 18 heavy (non-hydrogen) atoms. The molecule has 4 nitrogen and oxygen atoms in total. The van der Waals surface area contributed by atoms with E-state index < -0.39 is 0 Å². The Hall–Kier alpha value is -1.50. The lowest BCUT2D eigenvalue weighted by Crippen LogP contribution is -2.11. The second kappa shape index (κ2) is 4.64. The maximum atomic E-state index is 12.0. The predicted octanol–water partition coefficient (Wildman–Crippen LogP) is 3.66. The Morgan fingerprint density at radius 2 is 2.17 bits per heavy atom. The van der Waals surface area contributed by atoms with Gasteiger partial charge in [-0.1, -0.05) is 11.6 Å². The van der Waals surface area contributed by atoms with Gasteiger partial charge in [-0.05, 0) is 17.5 Å². The van der Waals surface area contributed by atoms with E-state index in [4.69, 9.17) is 11.6 Å². The van der Waals surface area contributed by atoms with Gasteiger partial charge in [0, 0.05) is 15.5 Å². The van der Waals surface area contributed by atoms with Gasteiger partial charge in [0.25, 0.3) is 5.91 Å². The van der Waals surface area contributed by atoms with Gasteiger partial charge in [-0.15, -0.1) is 22.7 Å². The Morgan fingerprint density at radius 1 is 1.28 bits per heavy atom. The van der Waals surface area contributed by atoms with Crippen molar-refractivity contribution >= 4 is 55.4 Å². The summed E-state index contributed by atoms with van der Waals surface area (Å²) >= 11 is 8.80. The number of hydrogen-bond acceptors (Lipinski definition) is 5. The molecule has 0 atom stereocenters. The minimum Gasteiger partial charge on any atom is -0.306 e. The molecule has 0 radical (unpaired) electrons. The van der Waals surface area contributed by atoms with Gasteiger partial charge in [0.2, 0.25) is 0 Å². The van der Waals surface area contributed by atoms with Crippen molar-refractivity contribution in [1.29, 1.82) is 0 Å². The molecule has 7 heteroatoms. The van der Waals surface area contributed by atoms with Crippen LogP contribution < -0.4 is 5.32 Å². The Morgan fingerprint density at radius 3 is 2.94 bits per heavy atom. The van der Waals surface area contributed by atoms with Crippen LogP contribution in [0.15, 0.2) is 29.9 Å². The molecule has 0 aliphatic carbocycles. The minimum absolute atomic E-state index is 0.182. The number of amides is 1. The van der Waals surface area contributed by atoms with E-state index in [9.17, 15) is 4.79 Å². The fourth-order valence-corrected chi connectivity index (χ4v) is 3.61. The topological polar surface area (TPSA) is 54.9 Å². The van der Waals surface area contributed by atoms with Gasteiger partial charge in [-0.2, -0.15) is 0 Å². The number of fused-ring (bicyclic) bond motifs is 1. The Kier molecular flexibility index (Phi) is 2.99. The molecule has 0 bridgehead atoms. The van der Waals surface area contributed by atoms with Gasteiger partial charge in [-0.3, -0.25) is 4.79 Å². The second-order valence-corrected chi connectivity index (χ2v) is 5.86. The molecule has 0 aliphatic heterocycles. The van der Waals surface area contributed by atoms with Crippen molar-refractivity contribution in [3.8, 4) is 0 Å². The minimum atomic E-state index is -0.182. The molecule has 1 N–H and O–H groups in total. The summed E-state index contributed by atoms with van der Waals surface area (Å²) in [6.07, 6.45) is 1.31. The highest BCUT2D eigenvalue weighted by atomic mass is 35.5. The van der Waals surface area contributed by atoms with Crippen LogP contribution in [0, 0.1) is 0 Å². The van der Waals surface area contributed by atoms with E-state index in [0.717, 1.165) is 9.40 Å². The lowest BCUT2D eigenvalue weighted by atomic mass is 10.4. The van der Waals surface area contributed by atoms with Gasteiger partial charge in [-0.25, -0.2) is 9.97 Å². The SMILES string of the molecule is O=C(Nc1cc(Cl)ncn1)c1cc2sccc2s1. The van der Waals surface area contributed by atoms with Crippen LogP contribution in [0.25, 0.3) is 9.40 Å². The third-order valence-electron chi connectivity index (χ3n) is 2.24. The molecule has 0 saturated heterocycles. The molecule has 90 valence electrons. The molecule has 0 spiro atoms. The van der Waals surface area contributed by atoms with Gasteiger partial charge in [0.05, 0.1) is 4.88 Å². The number of carbonyl (C=O) groups is 1. The molecule has 0 fully saturated rings. The molecule has 1 amide bonds. The highest BCUT2D eigenvalue weighted by Crippen LogP contribution is 2.30. The van der Waals surface area contributed by atoms with E-state index in [0.29, 0.717) is 15.8 Å². The van der Waals surface area contributed by atoms with Crippen LogP contribution in [-0.2, 0) is 0 Å². The molecule has 3 aromatic heterocycles. The molecular formula is C11H6ClN3OS2. The zero-order valence-corrected chi connectivity index (χ0v) is 11.3. The van der Waals surface area contributed by atoms with Crippen LogP contribution in [0.4, 0.5) is 5.82 Å². The van der Waals surface area contributed by atoms with Crippen LogP contribution in [0.2, 0.25) is 5.15 Å².